The van der Waals surface area contributed by atoms with Crippen LogP contribution >= 0.6 is 15.9 Å². The van der Waals surface area contributed by atoms with Crippen LogP contribution < -0.4 is 0 Å². The fourth-order valence-corrected chi connectivity index (χ4v) is 4.09. The van der Waals surface area contributed by atoms with E-state index in [2.05, 4.69) is 40.1 Å². The van der Waals surface area contributed by atoms with Gasteiger partial charge in [0.1, 0.15) is 0 Å². The highest BCUT2D eigenvalue weighted by atomic mass is 79.9. The number of carbonyl (C=O) groups excluding carboxylic acids is 2. The molecule has 2 aliphatic heterocycles. The van der Waals surface area contributed by atoms with Crippen LogP contribution in [0.3, 0.4) is 0 Å². The number of rotatable bonds is 7. The van der Waals surface area contributed by atoms with Crippen molar-refractivity contribution in [3.63, 3.8) is 0 Å². The summed E-state index contributed by atoms with van der Waals surface area (Å²) in [6, 6.07) is -0.132. The lowest BCUT2D eigenvalue weighted by atomic mass is 10.0. The van der Waals surface area contributed by atoms with Crippen LogP contribution in [0, 0.1) is 0 Å². The van der Waals surface area contributed by atoms with E-state index in [1.807, 2.05) is 17.1 Å². The lowest BCUT2D eigenvalue weighted by molar-refractivity contribution is -0.133. The molecule has 27 heavy (non-hydrogen) atoms. The zero-order chi connectivity index (χ0) is 19.2. The Morgan fingerprint density at radius 2 is 2.11 bits per heavy atom. The van der Waals surface area contributed by atoms with Gasteiger partial charge in [0.15, 0.2) is 0 Å². The Hall–Kier alpha value is -1.69. The molecule has 0 aromatic rings. The molecule has 2 amide bonds. The highest BCUT2D eigenvalue weighted by molar-refractivity contribution is 9.11. The van der Waals surface area contributed by atoms with Crippen molar-refractivity contribution in [3.8, 4) is 0 Å². The molecule has 1 saturated heterocycles. The van der Waals surface area contributed by atoms with E-state index < -0.39 is 0 Å². The normalized spacial score (nSPS) is 22.7. The van der Waals surface area contributed by atoms with Crippen molar-refractivity contribution in [1.82, 2.24) is 9.91 Å². The summed E-state index contributed by atoms with van der Waals surface area (Å²) in [6.45, 7) is 3.39. The van der Waals surface area contributed by atoms with Gasteiger partial charge in [-0.25, -0.2) is 5.01 Å². The van der Waals surface area contributed by atoms with Crippen LogP contribution in [0.4, 0.5) is 0 Å². The van der Waals surface area contributed by atoms with E-state index in [9.17, 15) is 9.59 Å². The van der Waals surface area contributed by atoms with Gasteiger partial charge in [-0.1, -0.05) is 60.3 Å². The summed E-state index contributed by atoms with van der Waals surface area (Å²) in [5.41, 5.74) is 1.85. The van der Waals surface area contributed by atoms with Crippen molar-refractivity contribution in [3.05, 3.63) is 34.4 Å². The van der Waals surface area contributed by atoms with E-state index in [4.69, 9.17) is 0 Å². The van der Waals surface area contributed by atoms with Crippen LogP contribution in [0.15, 0.2) is 39.5 Å². The van der Waals surface area contributed by atoms with E-state index in [1.165, 1.54) is 0 Å². The van der Waals surface area contributed by atoms with Gasteiger partial charge in [0.2, 0.25) is 11.8 Å². The Morgan fingerprint density at radius 1 is 1.26 bits per heavy atom. The molecular formula is C21H28BrN3O2. The average molecular weight is 434 g/mol. The largest absolute Gasteiger partial charge is 0.332 e. The average Bonchev–Trinajstić information content (AvgIpc) is 3.21. The summed E-state index contributed by atoms with van der Waals surface area (Å²) in [4.78, 5) is 26.9. The maximum Gasteiger partial charge on any atom is 0.242 e. The number of hydrogen-bond donors (Lipinski definition) is 0. The van der Waals surface area contributed by atoms with Gasteiger partial charge in [-0.2, -0.15) is 5.10 Å². The SMILES string of the molecule is CCCCCCC(=O)N1CC(N2CCCC2=O)C(C2=CCC=C(Br)C=C2)=N1. The number of halogens is 1. The number of carbonyl (C=O) groups is 2. The monoisotopic (exact) mass is 433 g/mol. The third-order valence-electron chi connectivity index (χ3n) is 5.28. The third kappa shape index (κ3) is 4.98. The molecule has 1 unspecified atom stereocenters. The van der Waals surface area contributed by atoms with Gasteiger partial charge in [0, 0.05) is 23.9 Å². The molecule has 146 valence electrons. The zero-order valence-corrected chi connectivity index (χ0v) is 17.6. The minimum Gasteiger partial charge on any atom is -0.332 e. The molecule has 0 spiro atoms. The molecule has 6 heteroatoms. The summed E-state index contributed by atoms with van der Waals surface area (Å²) in [6.07, 6.45) is 15.3. The molecule has 0 saturated carbocycles. The Balaban J connectivity index is 1.76. The number of hydrazone groups is 1. The fraction of sp³-hybridized carbons (Fsp3) is 0.571. The Morgan fingerprint density at radius 3 is 2.85 bits per heavy atom. The van der Waals surface area contributed by atoms with Gasteiger partial charge >= 0.3 is 0 Å². The van der Waals surface area contributed by atoms with E-state index >= 15 is 0 Å². The number of unbranched alkanes of at least 4 members (excludes halogenated alkanes) is 3. The van der Waals surface area contributed by atoms with Crippen LogP contribution in [-0.2, 0) is 9.59 Å². The van der Waals surface area contributed by atoms with Gasteiger partial charge in [-0.05, 0) is 30.9 Å². The van der Waals surface area contributed by atoms with Crippen LogP contribution in [0.2, 0.25) is 0 Å². The minimum absolute atomic E-state index is 0.0651. The number of allylic oxidation sites excluding steroid dienone is 5. The summed E-state index contributed by atoms with van der Waals surface area (Å²) in [7, 11) is 0. The van der Waals surface area contributed by atoms with Crippen LogP contribution in [0.5, 0.6) is 0 Å². The highest BCUT2D eigenvalue weighted by Gasteiger charge is 2.39. The van der Waals surface area contributed by atoms with E-state index in [0.717, 1.165) is 60.8 Å². The molecule has 1 fully saturated rings. The molecule has 2 heterocycles. The minimum atomic E-state index is -0.132. The van der Waals surface area contributed by atoms with Crippen molar-refractivity contribution >= 4 is 33.5 Å². The van der Waals surface area contributed by atoms with Crippen LogP contribution in [0.1, 0.15) is 58.3 Å². The van der Waals surface area contributed by atoms with Crippen molar-refractivity contribution in [2.75, 3.05) is 13.1 Å². The van der Waals surface area contributed by atoms with E-state index in [-0.39, 0.29) is 17.9 Å². The van der Waals surface area contributed by atoms with Crippen molar-refractivity contribution in [2.45, 2.75) is 64.3 Å². The summed E-state index contributed by atoms with van der Waals surface area (Å²) < 4.78 is 1.03. The van der Waals surface area contributed by atoms with Gasteiger partial charge < -0.3 is 4.90 Å². The van der Waals surface area contributed by atoms with Crippen molar-refractivity contribution in [1.29, 1.82) is 0 Å². The fourth-order valence-electron chi connectivity index (χ4n) is 3.77. The smallest absolute Gasteiger partial charge is 0.242 e. The first-order valence-electron chi connectivity index (χ1n) is 10.0. The predicted octanol–water partition coefficient (Wildman–Crippen LogP) is 4.31. The molecule has 0 N–H and O–H groups in total. The lowest BCUT2D eigenvalue weighted by Crippen LogP contribution is -2.44. The number of likely N-dealkylation sites (tertiary alicyclic amines) is 1. The third-order valence-corrected chi connectivity index (χ3v) is 5.86. The molecule has 5 nitrogen and oxygen atoms in total. The molecule has 3 rings (SSSR count). The topological polar surface area (TPSA) is 53.0 Å². The molecule has 1 aliphatic carbocycles. The molecule has 3 aliphatic rings. The first-order chi connectivity index (χ1) is 13.1. The molecule has 0 aromatic heterocycles. The summed E-state index contributed by atoms with van der Waals surface area (Å²) in [5, 5.41) is 6.28. The number of nitrogens with zero attached hydrogens (tertiary/aromatic N) is 3. The van der Waals surface area contributed by atoms with E-state index in [1.54, 1.807) is 5.01 Å². The first kappa shape index (κ1) is 20.1. The standard InChI is InChI=1S/C21H28BrN3O2/c1-2-3-4-5-10-20(27)25-15-18(24-14-7-11-19(24)26)21(23-25)16-8-6-9-17(22)13-12-16/h8-9,12-13,18H,2-7,10-11,14-15H2,1H3. The van der Waals surface area contributed by atoms with Crippen molar-refractivity contribution < 1.29 is 9.59 Å². The molecular weight excluding hydrogens is 406 g/mol. The predicted molar refractivity (Wildman–Crippen MR) is 111 cm³/mol. The van der Waals surface area contributed by atoms with Gasteiger partial charge in [-0.3, -0.25) is 9.59 Å². The Bertz CT molecular complexity index is 708. The second-order valence-corrected chi connectivity index (χ2v) is 8.21. The quantitative estimate of drug-likeness (QED) is 0.561. The maximum absolute atomic E-state index is 12.7. The number of hydrogen-bond acceptors (Lipinski definition) is 3. The van der Waals surface area contributed by atoms with E-state index in [0.29, 0.717) is 19.4 Å². The zero-order valence-electron chi connectivity index (χ0n) is 16.0. The molecule has 0 aromatic carbocycles. The second kappa shape index (κ2) is 9.49. The molecule has 0 bridgehead atoms. The number of amides is 2. The first-order valence-corrected chi connectivity index (χ1v) is 10.8. The second-order valence-electron chi connectivity index (χ2n) is 7.30. The maximum atomic E-state index is 12.7. The molecule has 1 atom stereocenters. The van der Waals surface area contributed by atoms with Crippen LogP contribution in [0.25, 0.3) is 0 Å². The summed E-state index contributed by atoms with van der Waals surface area (Å²) >= 11 is 3.51. The molecule has 0 radical (unpaired) electrons. The van der Waals surface area contributed by atoms with Gasteiger partial charge in [0.25, 0.3) is 0 Å². The highest BCUT2D eigenvalue weighted by Crippen LogP contribution is 2.26. The van der Waals surface area contributed by atoms with Gasteiger partial charge in [0.05, 0.1) is 18.3 Å². The summed E-state index contributed by atoms with van der Waals surface area (Å²) in [5.74, 6) is 0.234. The lowest BCUT2D eigenvalue weighted by Gasteiger charge is -2.25. The Labute approximate surface area is 170 Å². The van der Waals surface area contributed by atoms with Gasteiger partial charge in [-0.15, -0.1) is 0 Å². The Kier molecular flexibility index (Phi) is 7.05. The van der Waals surface area contributed by atoms with Crippen LogP contribution in [-0.4, -0.2) is 46.6 Å². The van der Waals surface area contributed by atoms with Crippen molar-refractivity contribution in [2.24, 2.45) is 5.10 Å².